The topological polar surface area (TPSA) is 56.5 Å². The summed E-state index contributed by atoms with van der Waals surface area (Å²) in [6.07, 6.45) is 7.63. The molecule has 0 spiro atoms. The zero-order valence-corrected chi connectivity index (χ0v) is 18.7. The molecule has 0 aliphatic carbocycles. The fourth-order valence-corrected chi connectivity index (χ4v) is 4.27. The van der Waals surface area contributed by atoms with Crippen LogP contribution in [0.3, 0.4) is 0 Å². The Morgan fingerprint density at radius 1 is 0.897 bits per heavy atom. The lowest BCUT2D eigenvalue weighted by molar-refractivity contribution is 0.250. The van der Waals surface area contributed by atoms with Gasteiger partial charge in [0.25, 0.3) is 5.56 Å². The smallest absolute Gasteiger partial charge is 0.331 e. The highest BCUT2D eigenvalue weighted by molar-refractivity contribution is 9.10. The molecule has 0 amide bonds. The maximum absolute atomic E-state index is 12.6. The van der Waals surface area contributed by atoms with Crippen molar-refractivity contribution >= 4 is 15.9 Å². The molecule has 0 saturated carbocycles. The second-order valence-corrected chi connectivity index (χ2v) is 8.51. The summed E-state index contributed by atoms with van der Waals surface area (Å²) in [5, 5.41) is 0. The molecule has 0 radical (unpaired) electrons. The zero-order chi connectivity index (χ0) is 20.6. The Morgan fingerprint density at radius 3 is 2.17 bits per heavy atom. The summed E-state index contributed by atoms with van der Waals surface area (Å²) in [6, 6.07) is 8.29. The minimum atomic E-state index is -0.223. The number of rotatable bonds is 3. The first kappa shape index (κ1) is 21.8. The van der Waals surface area contributed by atoms with Gasteiger partial charge in [0.15, 0.2) is 0 Å². The van der Waals surface area contributed by atoms with Crippen LogP contribution in [0, 0.1) is 0 Å². The molecule has 3 rings (SSSR count). The van der Waals surface area contributed by atoms with Gasteiger partial charge in [-0.3, -0.25) is 18.8 Å². The molecule has 2 heterocycles. The van der Waals surface area contributed by atoms with Gasteiger partial charge in [0.1, 0.15) is 5.75 Å². The van der Waals surface area contributed by atoms with Crippen molar-refractivity contribution < 1.29 is 4.74 Å². The van der Waals surface area contributed by atoms with E-state index in [0.29, 0.717) is 17.6 Å². The quantitative estimate of drug-likeness (QED) is 0.696. The van der Waals surface area contributed by atoms with Gasteiger partial charge in [-0.15, -0.1) is 0 Å². The van der Waals surface area contributed by atoms with E-state index in [-0.39, 0.29) is 11.2 Å². The summed E-state index contributed by atoms with van der Waals surface area (Å²) in [7, 11) is 1.69. The fraction of sp³-hybridized carbons (Fsp3) is 0.545. The van der Waals surface area contributed by atoms with Crippen molar-refractivity contribution in [1.82, 2.24) is 14.0 Å². The Labute approximate surface area is 180 Å². The van der Waals surface area contributed by atoms with Crippen LogP contribution in [0.5, 0.6) is 5.75 Å². The molecule has 0 fully saturated rings. The van der Waals surface area contributed by atoms with E-state index >= 15 is 0 Å². The van der Waals surface area contributed by atoms with Crippen LogP contribution < -0.4 is 16.0 Å². The van der Waals surface area contributed by atoms with Crippen LogP contribution in [0.4, 0.5) is 0 Å². The Morgan fingerprint density at radius 2 is 1.52 bits per heavy atom. The monoisotopic (exact) mass is 463 g/mol. The van der Waals surface area contributed by atoms with Crippen molar-refractivity contribution in [3.63, 3.8) is 0 Å². The molecule has 0 atom stereocenters. The third-order valence-electron chi connectivity index (χ3n) is 5.49. The number of nitrogens with zero attached hydrogens (tertiary/aromatic N) is 3. The van der Waals surface area contributed by atoms with E-state index in [9.17, 15) is 9.59 Å². The minimum Gasteiger partial charge on any atom is -0.497 e. The van der Waals surface area contributed by atoms with E-state index in [1.54, 1.807) is 17.9 Å². The van der Waals surface area contributed by atoms with Gasteiger partial charge in [-0.1, -0.05) is 25.0 Å². The number of fused-ring (bicyclic) bond motifs is 2. The number of ether oxygens (including phenoxy) is 1. The predicted molar refractivity (Wildman–Crippen MR) is 119 cm³/mol. The van der Waals surface area contributed by atoms with Crippen LogP contribution in [0.2, 0.25) is 0 Å². The highest BCUT2D eigenvalue weighted by atomic mass is 79.9. The summed E-state index contributed by atoms with van der Waals surface area (Å²) in [6.45, 7) is 4.16. The number of benzene rings is 1. The lowest BCUT2D eigenvalue weighted by Crippen LogP contribution is -2.40. The first-order chi connectivity index (χ1) is 14.1. The number of aryl methyl sites for hydroxylation is 1. The maximum Gasteiger partial charge on any atom is 0.331 e. The number of halogens is 1. The normalized spacial score (nSPS) is 16.9. The first-order valence-corrected chi connectivity index (χ1v) is 11.2. The van der Waals surface area contributed by atoms with Gasteiger partial charge in [0.05, 0.1) is 11.6 Å². The Hall–Kier alpha value is -1.86. The van der Waals surface area contributed by atoms with Crippen LogP contribution >= 0.6 is 15.9 Å². The van der Waals surface area contributed by atoms with E-state index in [2.05, 4.69) is 33.0 Å². The molecule has 7 heteroatoms. The standard InChI is InChI=1S/C22H30BrN3O3/c1-29-19-10-8-18(9-11-19)16-24-12-4-2-6-14-25-17-20(23)21(27)26(22(25)28)15-7-3-5-13-24/h8-11,17H,2-7,12-16H2,1H3. The van der Waals surface area contributed by atoms with E-state index in [1.165, 1.54) is 10.1 Å². The molecular formula is C22H30BrN3O3. The Kier molecular flexibility index (Phi) is 8.12. The van der Waals surface area contributed by atoms with Crippen LogP contribution in [0.1, 0.15) is 44.1 Å². The molecule has 6 nitrogen and oxygen atoms in total. The van der Waals surface area contributed by atoms with Crippen LogP contribution in [0.25, 0.3) is 0 Å². The number of hydrogen-bond donors (Lipinski definition) is 0. The first-order valence-electron chi connectivity index (χ1n) is 10.4. The van der Waals surface area contributed by atoms with Crippen LogP contribution in [-0.4, -0.2) is 34.2 Å². The number of aromatic nitrogens is 2. The lowest BCUT2D eigenvalue weighted by Gasteiger charge is -2.23. The van der Waals surface area contributed by atoms with E-state index < -0.39 is 0 Å². The summed E-state index contributed by atoms with van der Waals surface area (Å²) < 4.78 is 8.77. The molecular weight excluding hydrogens is 434 g/mol. The van der Waals surface area contributed by atoms with Crippen molar-refractivity contribution in [2.75, 3.05) is 20.2 Å². The largest absolute Gasteiger partial charge is 0.497 e. The second-order valence-electron chi connectivity index (χ2n) is 7.66. The third kappa shape index (κ3) is 6.06. The van der Waals surface area contributed by atoms with Crippen molar-refractivity contribution in [2.45, 2.75) is 58.2 Å². The Balaban J connectivity index is 1.65. The summed E-state index contributed by atoms with van der Waals surface area (Å²) >= 11 is 3.31. The summed E-state index contributed by atoms with van der Waals surface area (Å²) in [5.41, 5.74) is 0.890. The molecule has 1 aliphatic heterocycles. The van der Waals surface area contributed by atoms with Crippen molar-refractivity contribution in [1.29, 1.82) is 0 Å². The van der Waals surface area contributed by atoms with Crippen molar-refractivity contribution in [3.05, 3.63) is 61.3 Å². The molecule has 158 valence electrons. The van der Waals surface area contributed by atoms with Gasteiger partial charge in [0.2, 0.25) is 0 Å². The molecule has 1 aromatic carbocycles. The Bertz CT molecular complexity index is 905. The van der Waals surface area contributed by atoms with Gasteiger partial charge in [0, 0.05) is 25.8 Å². The van der Waals surface area contributed by atoms with Crippen molar-refractivity contribution in [2.24, 2.45) is 0 Å². The lowest BCUT2D eigenvalue weighted by atomic mass is 10.1. The van der Waals surface area contributed by atoms with Crippen molar-refractivity contribution in [3.8, 4) is 5.75 Å². The van der Waals surface area contributed by atoms with Gasteiger partial charge < -0.3 is 4.74 Å². The zero-order valence-electron chi connectivity index (χ0n) is 17.1. The van der Waals surface area contributed by atoms with Gasteiger partial charge >= 0.3 is 5.69 Å². The number of methoxy groups -OCH3 is 1. The van der Waals surface area contributed by atoms with Crippen LogP contribution in [0.15, 0.2) is 44.5 Å². The maximum atomic E-state index is 12.6. The van der Waals surface area contributed by atoms with Crippen LogP contribution in [-0.2, 0) is 19.6 Å². The molecule has 0 saturated heterocycles. The third-order valence-corrected chi connectivity index (χ3v) is 6.03. The minimum absolute atomic E-state index is 0.184. The average Bonchev–Trinajstić information content (AvgIpc) is 2.73. The summed E-state index contributed by atoms with van der Waals surface area (Å²) in [4.78, 5) is 27.5. The SMILES string of the molecule is COc1ccc(CN2CCCCCn3cc(Br)c(=O)n(c3=O)CCCCC2)cc1. The predicted octanol–water partition coefficient (Wildman–Crippen LogP) is 3.64. The van der Waals surface area contributed by atoms with Gasteiger partial charge in [-0.2, -0.15) is 0 Å². The van der Waals surface area contributed by atoms with Gasteiger partial charge in [-0.05, 0) is 72.4 Å². The van der Waals surface area contributed by atoms with E-state index in [1.807, 2.05) is 12.1 Å². The molecule has 0 N–H and O–H groups in total. The van der Waals surface area contributed by atoms with E-state index in [0.717, 1.165) is 63.9 Å². The molecule has 2 aromatic rings. The second kappa shape index (κ2) is 10.8. The molecule has 0 unspecified atom stereocenters. The molecule has 1 aliphatic rings. The fourth-order valence-electron chi connectivity index (χ4n) is 3.81. The summed E-state index contributed by atoms with van der Waals surface area (Å²) in [5.74, 6) is 0.884. The molecule has 1 aromatic heterocycles. The van der Waals surface area contributed by atoms with E-state index in [4.69, 9.17) is 4.74 Å². The highest BCUT2D eigenvalue weighted by Gasteiger charge is 2.11. The average molecular weight is 464 g/mol. The molecule has 2 bridgehead atoms. The van der Waals surface area contributed by atoms with Gasteiger partial charge in [-0.25, -0.2) is 4.79 Å². The highest BCUT2D eigenvalue weighted by Crippen LogP contribution is 2.15. The number of hydrogen-bond acceptors (Lipinski definition) is 4. The molecule has 29 heavy (non-hydrogen) atoms.